The number of carbonyl (C=O) groups excluding carboxylic acids is 2. The molecule has 0 radical (unpaired) electrons. The lowest BCUT2D eigenvalue weighted by molar-refractivity contribution is -0.124. The van der Waals surface area contributed by atoms with Crippen LogP contribution in [0.1, 0.15) is 15.9 Å². The molecular weight excluding hydrogens is 387 g/mol. The lowest BCUT2D eigenvalue weighted by atomic mass is 10.2. The molecule has 148 valence electrons. The van der Waals surface area contributed by atoms with Gasteiger partial charge in [0.15, 0.2) is 6.61 Å². The second kappa shape index (κ2) is 9.77. The zero-order valence-electron chi connectivity index (χ0n) is 14.9. The second-order valence-electron chi connectivity index (χ2n) is 5.65. The van der Waals surface area contributed by atoms with Crippen LogP contribution in [0.15, 0.2) is 66.1 Å². The van der Waals surface area contributed by atoms with Crippen molar-refractivity contribution in [1.82, 2.24) is 10.0 Å². The average molecular weight is 406 g/mol. The van der Waals surface area contributed by atoms with Gasteiger partial charge >= 0.3 is 5.97 Å². The molecule has 2 rings (SSSR count). The summed E-state index contributed by atoms with van der Waals surface area (Å²) >= 11 is 0. The van der Waals surface area contributed by atoms with E-state index >= 15 is 0 Å². The number of ether oxygens (including phenoxy) is 1. The first-order valence-electron chi connectivity index (χ1n) is 8.21. The van der Waals surface area contributed by atoms with Crippen LogP contribution in [-0.2, 0) is 26.1 Å². The Kier molecular flexibility index (Phi) is 7.42. The van der Waals surface area contributed by atoms with E-state index in [1.165, 1.54) is 48.5 Å². The number of amides is 1. The van der Waals surface area contributed by atoms with Crippen LogP contribution in [0.3, 0.4) is 0 Å². The number of esters is 1. The van der Waals surface area contributed by atoms with Crippen molar-refractivity contribution in [3.63, 3.8) is 0 Å². The molecule has 7 nitrogen and oxygen atoms in total. The molecule has 0 aliphatic rings. The molecule has 0 spiro atoms. The van der Waals surface area contributed by atoms with Crippen molar-refractivity contribution in [3.8, 4) is 0 Å². The number of halogens is 1. The molecule has 0 saturated carbocycles. The van der Waals surface area contributed by atoms with Crippen LogP contribution in [0.25, 0.3) is 0 Å². The fourth-order valence-corrected chi connectivity index (χ4v) is 3.15. The Balaban J connectivity index is 1.90. The molecule has 9 heteroatoms. The van der Waals surface area contributed by atoms with Crippen molar-refractivity contribution in [2.75, 3.05) is 13.2 Å². The molecule has 2 aromatic rings. The van der Waals surface area contributed by atoms with Crippen LogP contribution >= 0.6 is 0 Å². The first-order chi connectivity index (χ1) is 13.3. The van der Waals surface area contributed by atoms with Crippen molar-refractivity contribution in [2.45, 2.75) is 11.4 Å². The molecule has 2 aromatic carbocycles. The third-order valence-electron chi connectivity index (χ3n) is 3.54. The number of hydrogen-bond donors (Lipinski definition) is 2. The normalized spacial score (nSPS) is 10.9. The van der Waals surface area contributed by atoms with Gasteiger partial charge in [0, 0.05) is 13.1 Å². The summed E-state index contributed by atoms with van der Waals surface area (Å²) in [5.74, 6) is -1.76. The van der Waals surface area contributed by atoms with Crippen LogP contribution in [-0.4, -0.2) is 33.4 Å². The minimum atomic E-state index is -3.79. The van der Waals surface area contributed by atoms with Gasteiger partial charge in [-0.1, -0.05) is 24.3 Å². The van der Waals surface area contributed by atoms with Crippen LogP contribution in [0.4, 0.5) is 4.39 Å². The Labute approximate surface area is 162 Å². The molecular formula is C19H19FN2O5S. The molecule has 0 unspecified atom stereocenters. The van der Waals surface area contributed by atoms with E-state index in [9.17, 15) is 22.4 Å². The van der Waals surface area contributed by atoms with Crippen LogP contribution in [0, 0.1) is 5.82 Å². The monoisotopic (exact) mass is 406 g/mol. The Morgan fingerprint density at radius 3 is 2.54 bits per heavy atom. The summed E-state index contributed by atoms with van der Waals surface area (Å²) in [6, 6.07) is 10.8. The van der Waals surface area contributed by atoms with E-state index in [1.807, 2.05) is 0 Å². The standard InChI is InChI=1S/C19H19FN2O5S/c1-2-10-22-28(25,26)17-5-3-4-15(11-17)19(24)27-13-18(23)21-12-14-6-8-16(20)9-7-14/h2-9,11,22H,1,10,12-13H2,(H,21,23). The van der Waals surface area contributed by atoms with Crippen LogP contribution < -0.4 is 10.0 Å². The number of hydrogen-bond acceptors (Lipinski definition) is 5. The summed E-state index contributed by atoms with van der Waals surface area (Å²) in [4.78, 5) is 23.8. The number of carbonyl (C=O) groups is 2. The minimum Gasteiger partial charge on any atom is -0.452 e. The van der Waals surface area contributed by atoms with E-state index < -0.39 is 28.5 Å². The maximum absolute atomic E-state index is 12.8. The lowest BCUT2D eigenvalue weighted by Crippen LogP contribution is -2.28. The molecule has 1 amide bonds. The molecule has 0 heterocycles. The van der Waals surface area contributed by atoms with Gasteiger partial charge in [-0.2, -0.15) is 0 Å². The average Bonchev–Trinajstić information content (AvgIpc) is 2.70. The van der Waals surface area contributed by atoms with Gasteiger partial charge in [0.25, 0.3) is 5.91 Å². The summed E-state index contributed by atoms with van der Waals surface area (Å²) in [5.41, 5.74) is 0.679. The molecule has 0 saturated heterocycles. The predicted molar refractivity (Wildman–Crippen MR) is 100 cm³/mol. The van der Waals surface area contributed by atoms with Crippen LogP contribution in [0.5, 0.6) is 0 Å². The summed E-state index contributed by atoms with van der Waals surface area (Å²) < 4.78 is 44.2. The summed E-state index contributed by atoms with van der Waals surface area (Å²) in [7, 11) is -3.79. The van der Waals surface area contributed by atoms with Crippen LogP contribution in [0.2, 0.25) is 0 Å². The van der Waals surface area contributed by atoms with Crippen molar-refractivity contribution in [2.24, 2.45) is 0 Å². The molecule has 0 fully saturated rings. The fraction of sp³-hybridized carbons (Fsp3) is 0.158. The molecule has 0 atom stereocenters. The molecule has 0 aromatic heterocycles. The third-order valence-corrected chi connectivity index (χ3v) is 4.96. The zero-order chi connectivity index (χ0) is 20.6. The summed E-state index contributed by atoms with van der Waals surface area (Å²) in [6.45, 7) is 3.09. The van der Waals surface area contributed by atoms with Crippen molar-refractivity contribution in [3.05, 3.63) is 78.1 Å². The van der Waals surface area contributed by atoms with Gasteiger partial charge in [-0.15, -0.1) is 6.58 Å². The number of nitrogens with one attached hydrogen (secondary N) is 2. The lowest BCUT2D eigenvalue weighted by Gasteiger charge is -2.08. The summed E-state index contributed by atoms with van der Waals surface area (Å²) in [6.07, 6.45) is 1.39. The van der Waals surface area contributed by atoms with Crippen molar-refractivity contribution in [1.29, 1.82) is 0 Å². The third kappa shape index (κ3) is 6.29. The molecule has 28 heavy (non-hydrogen) atoms. The zero-order valence-corrected chi connectivity index (χ0v) is 15.7. The van der Waals surface area contributed by atoms with Gasteiger partial charge in [0.1, 0.15) is 5.82 Å². The second-order valence-corrected chi connectivity index (χ2v) is 7.41. The van der Waals surface area contributed by atoms with E-state index in [4.69, 9.17) is 4.74 Å². The van der Waals surface area contributed by atoms with Crippen molar-refractivity contribution >= 4 is 21.9 Å². The Morgan fingerprint density at radius 2 is 1.86 bits per heavy atom. The Morgan fingerprint density at radius 1 is 1.14 bits per heavy atom. The van der Waals surface area contributed by atoms with Gasteiger partial charge in [0.05, 0.1) is 10.5 Å². The summed E-state index contributed by atoms with van der Waals surface area (Å²) in [5, 5.41) is 2.53. The van der Waals surface area contributed by atoms with Gasteiger partial charge in [-0.05, 0) is 35.9 Å². The fourth-order valence-electron chi connectivity index (χ4n) is 2.11. The number of sulfonamides is 1. The van der Waals surface area contributed by atoms with E-state index in [0.717, 1.165) is 6.07 Å². The van der Waals surface area contributed by atoms with E-state index in [1.54, 1.807) is 0 Å². The molecule has 0 aliphatic carbocycles. The number of benzene rings is 2. The van der Waals surface area contributed by atoms with Gasteiger partial charge in [-0.25, -0.2) is 22.3 Å². The highest BCUT2D eigenvalue weighted by molar-refractivity contribution is 7.89. The molecule has 0 bridgehead atoms. The topological polar surface area (TPSA) is 102 Å². The smallest absolute Gasteiger partial charge is 0.338 e. The van der Waals surface area contributed by atoms with E-state index in [2.05, 4.69) is 16.6 Å². The highest BCUT2D eigenvalue weighted by Gasteiger charge is 2.16. The van der Waals surface area contributed by atoms with Crippen molar-refractivity contribution < 1.29 is 27.1 Å². The maximum atomic E-state index is 12.8. The SMILES string of the molecule is C=CCNS(=O)(=O)c1cccc(C(=O)OCC(=O)NCc2ccc(F)cc2)c1. The van der Waals surface area contributed by atoms with E-state index in [0.29, 0.717) is 5.56 Å². The maximum Gasteiger partial charge on any atom is 0.338 e. The van der Waals surface area contributed by atoms with E-state index in [-0.39, 0.29) is 29.4 Å². The largest absolute Gasteiger partial charge is 0.452 e. The highest BCUT2D eigenvalue weighted by Crippen LogP contribution is 2.12. The first kappa shape index (κ1) is 21.3. The van der Waals surface area contributed by atoms with Gasteiger partial charge < -0.3 is 10.1 Å². The first-order valence-corrected chi connectivity index (χ1v) is 9.69. The molecule has 2 N–H and O–H groups in total. The van der Waals surface area contributed by atoms with Gasteiger partial charge in [-0.3, -0.25) is 4.79 Å². The Hall–Kier alpha value is -3.04. The quantitative estimate of drug-likeness (QED) is 0.488. The molecule has 0 aliphatic heterocycles. The van der Waals surface area contributed by atoms with Gasteiger partial charge in [0.2, 0.25) is 10.0 Å². The minimum absolute atomic E-state index is 0.00665. The predicted octanol–water partition coefficient (Wildman–Crippen LogP) is 1.76. The number of rotatable bonds is 9. The Bertz CT molecular complexity index is 959. The highest BCUT2D eigenvalue weighted by atomic mass is 32.2.